The first-order chi connectivity index (χ1) is 12.3. The summed E-state index contributed by atoms with van der Waals surface area (Å²) < 4.78 is 6.10. The van der Waals surface area contributed by atoms with E-state index >= 15 is 0 Å². The van der Waals surface area contributed by atoms with Crippen molar-refractivity contribution in [3.63, 3.8) is 0 Å². The van der Waals surface area contributed by atoms with Crippen molar-refractivity contribution >= 4 is 22.5 Å². The second-order valence-corrected chi connectivity index (χ2v) is 7.61. The SMILES string of the molecule is Clc1cccc2ccc(CN3CCCO[C@@H](CN4CCCC4)C3)nc12. The van der Waals surface area contributed by atoms with Crippen molar-refractivity contribution in [2.24, 2.45) is 0 Å². The first-order valence-electron chi connectivity index (χ1n) is 9.38. The number of fused-ring (bicyclic) bond motifs is 1. The van der Waals surface area contributed by atoms with Gasteiger partial charge < -0.3 is 9.64 Å². The minimum Gasteiger partial charge on any atom is -0.376 e. The number of hydrogen-bond acceptors (Lipinski definition) is 4. The maximum Gasteiger partial charge on any atom is 0.0891 e. The van der Waals surface area contributed by atoms with Crippen LogP contribution in [-0.4, -0.2) is 60.2 Å². The zero-order chi connectivity index (χ0) is 17.1. The highest BCUT2D eigenvalue weighted by molar-refractivity contribution is 6.35. The van der Waals surface area contributed by atoms with Crippen molar-refractivity contribution in [2.45, 2.75) is 31.9 Å². The lowest BCUT2D eigenvalue weighted by Gasteiger charge is -2.26. The molecule has 1 atom stereocenters. The molecule has 0 aliphatic carbocycles. The van der Waals surface area contributed by atoms with Gasteiger partial charge in [0.2, 0.25) is 0 Å². The number of ether oxygens (including phenoxy) is 1. The topological polar surface area (TPSA) is 28.6 Å². The Kier molecular flexibility index (Phi) is 5.51. The van der Waals surface area contributed by atoms with Crippen LogP contribution in [0.5, 0.6) is 0 Å². The van der Waals surface area contributed by atoms with E-state index in [1.165, 1.54) is 25.9 Å². The molecule has 2 aliphatic rings. The van der Waals surface area contributed by atoms with E-state index in [1.54, 1.807) is 0 Å². The van der Waals surface area contributed by atoms with Gasteiger partial charge in [-0.3, -0.25) is 4.90 Å². The number of pyridine rings is 1. The summed E-state index contributed by atoms with van der Waals surface area (Å²) in [4.78, 5) is 9.83. The minimum atomic E-state index is 0.310. The molecular formula is C20H26ClN3O. The van der Waals surface area contributed by atoms with Crippen LogP contribution < -0.4 is 0 Å². The summed E-state index contributed by atoms with van der Waals surface area (Å²) in [6.07, 6.45) is 4.06. The minimum absolute atomic E-state index is 0.310. The van der Waals surface area contributed by atoms with Crippen LogP contribution in [0.3, 0.4) is 0 Å². The number of para-hydroxylation sites is 1. The third-order valence-electron chi connectivity index (χ3n) is 5.21. The van der Waals surface area contributed by atoms with Gasteiger partial charge in [-0.25, -0.2) is 4.98 Å². The number of rotatable bonds is 4. The molecule has 2 fully saturated rings. The van der Waals surface area contributed by atoms with Crippen molar-refractivity contribution in [1.29, 1.82) is 0 Å². The Hall–Kier alpha value is -1.20. The summed E-state index contributed by atoms with van der Waals surface area (Å²) in [5, 5.41) is 1.83. The van der Waals surface area contributed by atoms with Crippen molar-refractivity contribution in [3.05, 3.63) is 41.0 Å². The molecule has 25 heavy (non-hydrogen) atoms. The Balaban J connectivity index is 1.44. The first kappa shape index (κ1) is 17.2. The molecular weight excluding hydrogens is 334 g/mol. The fraction of sp³-hybridized carbons (Fsp3) is 0.550. The van der Waals surface area contributed by atoms with Gasteiger partial charge in [0.05, 0.1) is 22.3 Å². The third kappa shape index (κ3) is 4.32. The molecule has 3 heterocycles. The normalized spacial score (nSPS) is 23.2. The molecule has 4 nitrogen and oxygen atoms in total. The van der Waals surface area contributed by atoms with Gasteiger partial charge in [-0.05, 0) is 44.5 Å². The maximum atomic E-state index is 6.31. The van der Waals surface area contributed by atoms with Crippen molar-refractivity contribution in [2.75, 3.05) is 39.3 Å². The predicted octanol–water partition coefficient (Wildman–Crippen LogP) is 3.57. The molecule has 1 aromatic heterocycles. The standard InChI is InChI=1S/C20H26ClN3O/c21-19-6-3-5-16-7-8-17(22-20(16)19)13-24-11-4-12-25-18(15-24)14-23-9-1-2-10-23/h3,5-8,18H,1-2,4,9-15H2/t18-/m0/s1. The second kappa shape index (κ2) is 8.00. The number of benzene rings is 1. The molecule has 0 spiro atoms. The number of likely N-dealkylation sites (tertiary alicyclic amines) is 1. The van der Waals surface area contributed by atoms with Gasteiger partial charge in [-0.15, -0.1) is 0 Å². The number of hydrogen-bond donors (Lipinski definition) is 0. The predicted molar refractivity (Wildman–Crippen MR) is 102 cm³/mol. The van der Waals surface area contributed by atoms with Crippen LogP contribution >= 0.6 is 11.6 Å². The largest absolute Gasteiger partial charge is 0.376 e. The van der Waals surface area contributed by atoms with Gasteiger partial charge in [0.25, 0.3) is 0 Å². The fourth-order valence-electron chi connectivity index (χ4n) is 3.95. The summed E-state index contributed by atoms with van der Waals surface area (Å²) in [6, 6.07) is 10.2. The molecule has 134 valence electrons. The summed E-state index contributed by atoms with van der Waals surface area (Å²) in [7, 11) is 0. The van der Waals surface area contributed by atoms with E-state index in [9.17, 15) is 0 Å². The molecule has 5 heteroatoms. The smallest absolute Gasteiger partial charge is 0.0891 e. The van der Waals surface area contributed by atoms with Crippen molar-refractivity contribution < 1.29 is 4.74 Å². The quantitative estimate of drug-likeness (QED) is 0.834. The van der Waals surface area contributed by atoms with Gasteiger partial charge in [0.1, 0.15) is 0 Å². The summed E-state index contributed by atoms with van der Waals surface area (Å²) in [5.41, 5.74) is 1.99. The molecule has 0 saturated carbocycles. The zero-order valence-electron chi connectivity index (χ0n) is 14.7. The Bertz CT molecular complexity index is 717. The van der Waals surface area contributed by atoms with Crippen LogP contribution in [0, 0.1) is 0 Å². The van der Waals surface area contributed by atoms with Crippen LogP contribution in [0.1, 0.15) is 25.0 Å². The molecule has 0 radical (unpaired) electrons. The Labute approximate surface area is 154 Å². The third-order valence-corrected chi connectivity index (χ3v) is 5.51. The maximum absolute atomic E-state index is 6.31. The highest BCUT2D eigenvalue weighted by Gasteiger charge is 2.23. The molecule has 0 N–H and O–H groups in total. The fourth-order valence-corrected chi connectivity index (χ4v) is 4.17. The molecule has 2 saturated heterocycles. The van der Waals surface area contributed by atoms with E-state index in [0.29, 0.717) is 6.10 Å². The summed E-state index contributed by atoms with van der Waals surface area (Å²) in [5.74, 6) is 0. The van der Waals surface area contributed by atoms with Gasteiger partial charge >= 0.3 is 0 Å². The lowest BCUT2D eigenvalue weighted by Crippen LogP contribution is -2.39. The summed E-state index contributed by atoms with van der Waals surface area (Å²) >= 11 is 6.31. The van der Waals surface area contributed by atoms with E-state index in [-0.39, 0.29) is 0 Å². The van der Waals surface area contributed by atoms with Gasteiger partial charge in [-0.2, -0.15) is 0 Å². The molecule has 0 bridgehead atoms. The lowest BCUT2D eigenvalue weighted by molar-refractivity contribution is 0.0306. The number of nitrogens with zero attached hydrogens (tertiary/aromatic N) is 3. The second-order valence-electron chi connectivity index (χ2n) is 7.20. The monoisotopic (exact) mass is 359 g/mol. The van der Waals surface area contributed by atoms with Crippen LogP contribution in [0.4, 0.5) is 0 Å². The first-order valence-corrected chi connectivity index (χ1v) is 9.76. The van der Waals surface area contributed by atoms with Gasteiger partial charge in [-0.1, -0.05) is 29.8 Å². The van der Waals surface area contributed by atoms with E-state index in [4.69, 9.17) is 21.3 Å². The van der Waals surface area contributed by atoms with Gasteiger partial charge in [0, 0.05) is 38.2 Å². The molecule has 2 aromatic rings. The average molecular weight is 360 g/mol. The average Bonchev–Trinajstić information content (AvgIpc) is 3.02. The van der Waals surface area contributed by atoms with Crippen molar-refractivity contribution in [3.8, 4) is 0 Å². The molecule has 0 unspecified atom stereocenters. The Morgan fingerprint density at radius 2 is 1.88 bits per heavy atom. The highest BCUT2D eigenvalue weighted by Crippen LogP contribution is 2.22. The molecule has 4 rings (SSSR count). The van der Waals surface area contributed by atoms with Crippen LogP contribution in [0.15, 0.2) is 30.3 Å². The van der Waals surface area contributed by atoms with E-state index in [0.717, 1.165) is 60.8 Å². The highest BCUT2D eigenvalue weighted by atomic mass is 35.5. The Morgan fingerprint density at radius 1 is 1.04 bits per heavy atom. The molecule has 2 aliphatic heterocycles. The Morgan fingerprint density at radius 3 is 2.76 bits per heavy atom. The zero-order valence-corrected chi connectivity index (χ0v) is 15.4. The molecule has 0 amide bonds. The van der Waals surface area contributed by atoms with E-state index in [2.05, 4.69) is 28.0 Å². The number of halogens is 1. The van der Waals surface area contributed by atoms with Gasteiger partial charge in [0.15, 0.2) is 0 Å². The van der Waals surface area contributed by atoms with E-state index in [1.807, 2.05) is 12.1 Å². The van der Waals surface area contributed by atoms with Crippen LogP contribution in [0.25, 0.3) is 10.9 Å². The molecule has 1 aromatic carbocycles. The van der Waals surface area contributed by atoms with Crippen LogP contribution in [-0.2, 0) is 11.3 Å². The van der Waals surface area contributed by atoms with Crippen LogP contribution in [0.2, 0.25) is 5.02 Å². The van der Waals surface area contributed by atoms with Crippen molar-refractivity contribution in [1.82, 2.24) is 14.8 Å². The number of aromatic nitrogens is 1. The lowest BCUT2D eigenvalue weighted by atomic mass is 10.2. The van der Waals surface area contributed by atoms with E-state index < -0.39 is 0 Å². The summed E-state index contributed by atoms with van der Waals surface area (Å²) in [6.45, 7) is 7.30.